The zero-order valence-electron chi connectivity index (χ0n) is 11.5. The molecule has 3 rings (SSSR count). The minimum atomic E-state index is -2.85. The number of amides is 1. The largest absolute Gasteiger partial charge is 0.435 e. The Morgan fingerprint density at radius 2 is 1.90 bits per heavy atom. The molecule has 6 heteroatoms. The Balaban J connectivity index is 1.62. The molecule has 2 aliphatic rings. The van der Waals surface area contributed by atoms with Gasteiger partial charge in [0, 0.05) is 11.7 Å². The first-order valence-electron chi connectivity index (χ1n) is 7.16. The Hall–Kier alpha value is -1.69. The summed E-state index contributed by atoms with van der Waals surface area (Å²) in [5, 5.41) is 2.82. The summed E-state index contributed by atoms with van der Waals surface area (Å²) < 4.78 is 28.4. The number of carbonyl (C=O) groups is 1. The lowest BCUT2D eigenvalue weighted by molar-refractivity contribution is -0.121. The van der Waals surface area contributed by atoms with Crippen molar-refractivity contribution in [3.8, 4) is 5.75 Å². The number of halogens is 2. The van der Waals surface area contributed by atoms with E-state index in [2.05, 4.69) is 10.1 Å². The van der Waals surface area contributed by atoms with Crippen LogP contribution in [0.4, 0.5) is 14.5 Å². The molecule has 0 saturated heterocycles. The molecule has 1 aromatic rings. The van der Waals surface area contributed by atoms with Crippen molar-refractivity contribution in [2.24, 2.45) is 23.5 Å². The first kappa shape index (κ1) is 14.3. The number of alkyl halides is 2. The predicted octanol–water partition coefficient (Wildman–Crippen LogP) is 2.60. The highest BCUT2D eigenvalue weighted by molar-refractivity contribution is 5.93. The average Bonchev–Trinajstić information content (AvgIpc) is 3.01. The second-order valence-electron chi connectivity index (χ2n) is 5.83. The molecule has 2 saturated carbocycles. The van der Waals surface area contributed by atoms with E-state index < -0.39 is 6.61 Å². The Morgan fingerprint density at radius 1 is 1.24 bits per heavy atom. The summed E-state index contributed by atoms with van der Waals surface area (Å²) in [7, 11) is 0. The topological polar surface area (TPSA) is 64.4 Å². The lowest BCUT2D eigenvalue weighted by Gasteiger charge is -2.27. The van der Waals surface area contributed by atoms with Crippen LogP contribution in [0.25, 0.3) is 0 Å². The van der Waals surface area contributed by atoms with Crippen molar-refractivity contribution >= 4 is 11.6 Å². The number of hydrogen-bond donors (Lipinski definition) is 2. The van der Waals surface area contributed by atoms with Crippen LogP contribution in [0.1, 0.15) is 19.3 Å². The third kappa shape index (κ3) is 2.85. The van der Waals surface area contributed by atoms with E-state index in [1.165, 1.54) is 12.1 Å². The van der Waals surface area contributed by atoms with Crippen LogP contribution in [0.5, 0.6) is 5.75 Å². The van der Waals surface area contributed by atoms with E-state index in [1.807, 2.05) is 0 Å². The quantitative estimate of drug-likeness (QED) is 0.897. The zero-order valence-corrected chi connectivity index (χ0v) is 11.5. The molecule has 3 N–H and O–H groups in total. The van der Waals surface area contributed by atoms with Crippen molar-refractivity contribution in [3.63, 3.8) is 0 Å². The van der Waals surface area contributed by atoms with E-state index in [0.717, 1.165) is 19.3 Å². The minimum Gasteiger partial charge on any atom is -0.435 e. The summed E-state index contributed by atoms with van der Waals surface area (Å²) in [4.78, 5) is 12.3. The monoisotopic (exact) mass is 296 g/mol. The van der Waals surface area contributed by atoms with Crippen molar-refractivity contribution in [3.05, 3.63) is 24.3 Å². The van der Waals surface area contributed by atoms with Crippen molar-refractivity contribution in [1.29, 1.82) is 0 Å². The highest BCUT2D eigenvalue weighted by atomic mass is 19.3. The SMILES string of the molecule is NC1C2CCC(C2)C1C(=O)Nc1ccc(OC(F)F)cc1. The lowest BCUT2D eigenvalue weighted by atomic mass is 9.84. The van der Waals surface area contributed by atoms with Gasteiger partial charge in [0.2, 0.25) is 5.91 Å². The van der Waals surface area contributed by atoms with Gasteiger partial charge in [-0.05, 0) is 55.4 Å². The zero-order chi connectivity index (χ0) is 15.0. The predicted molar refractivity (Wildman–Crippen MR) is 74.0 cm³/mol. The van der Waals surface area contributed by atoms with Gasteiger partial charge < -0.3 is 15.8 Å². The van der Waals surface area contributed by atoms with Gasteiger partial charge in [0.1, 0.15) is 5.75 Å². The van der Waals surface area contributed by atoms with Gasteiger partial charge in [-0.25, -0.2) is 0 Å². The van der Waals surface area contributed by atoms with Crippen LogP contribution in [0.15, 0.2) is 24.3 Å². The summed E-state index contributed by atoms with van der Waals surface area (Å²) in [6, 6.07) is 5.85. The van der Waals surface area contributed by atoms with E-state index >= 15 is 0 Å². The van der Waals surface area contributed by atoms with Gasteiger partial charge in [0.15, 0.2) is 0 Å². The van der Waals surface area contributed by atoms with Gasteiger partial charge in [0.05, 0.1) is 5.92 Å². The highest BCUT2D eigenvalue weighted by Gasteiger charge is 2.49. The van der Waals surface area contributed by atoms with Crippen LogP contribution < -0.4 is 15.8 Å². The van der Waals surface area contributed by atoms with Crippen LogP contribution in [0.2, 0.25) is 0 Å². The maximum Gasteiger partial charge on any atom is 0.387 e. The molecule has 1 aromatic carbocycles. The maximum absolute atomic E-state index is 12.3. The van der Waals surface area contributed by atoms with Crippen LogP contribution in [0, 0.1) is 17.8 Å². The van der Waals surface area contributed by atoms with E-state index in [0.29, 0.717) is 17.5 Å². The fraction of sp³-hybridized carbons (Fsp3) is 0.533. The molecule has 0 aliphatic heterocycles. The normalized spacial score (nSPS) is 30.7. The molecular formula is C15H18F2N2O2. The van der Waals surface area contributed by atoms with E-state index in [-0.39, 0.29) is 23.6 Å². The molecule has 2 aliphatic carbocycles. The molecule has 0 heterocycles. The number of rotatable bonds is 4. The number of hydrogen-bond acceptors (Lipinski definition) is 3. The molecule has 2 fully saturated rings. The van der Waals surface area contributed by atoms with Crippen molar-refractivity contribution in [2.75, 3.05) is 5.32 Å². The summed E-state index contributed by atoms with van der Waals surface area (Å²) in [6.07, 6.45) is 3.23. The molecule has 0 spiro atoms. The van der Waals surface area contributed by atoms with Gasteiger partial charge in [-0.15, -0.1) is 0 Å². The summed E-state index contributed by atoms with van der Waals surface area (Å²) in [5.74, 6) is 0.705. The molecule has 1 amide bonds. The fourth-order valence-electron chi connectivity index (χ4n) is 3.67. The van der Waals surface area contributed by atoms with E-state index in [1.54, 1.807) is 12.1 Å². The Bertz CT molecular complexity index is 519. The molecule has 21 heavy (non-hydrogen) atoms. The van der Waals surface area contributed by atoms with Crippen LogP contribution in [0.3, 0.4) is 0 Å². The van der Waals surface area contributed by atoms with E-state index in [4.69, 9.17) is 5.73 Å². The molecule has 0 radical (unpaired) electrons. The third-order valence-corrected chi connectivity index (χ3v) is 4.63. The smallest absolute Gasteiger partial charge is 0.387 e. The molecule has 4 atom stereocenters. The van der Waals surface area contributed by atoms with Crippen molar-refractivity contribution in [1.82, 2.24) is 0 Å². The number of nitrogens with two attached hydrogens (primary N) is 1. The first-order valence-corrected chi connectivity index (χ1v) is 7.16. The number of fused-ring (bicyclic) bond motifs is 2. The number of anilines is 1. The maximum atomic E-state index is 12.3. The highest BCUT2D eigenvalue weighted by Crippen LogP contribution is 2.47. The second-order valence-corrected chi connectivity index (χ2v) is 5.83. The lowest BCUT2D eigenvalue weighted by Crippen LogP contribution is -2.42. The molecular weight excluding hydrogens is 278 g/mol. The number of carbonyl (C=O) groups excluding carboxylic acids is 1. The van der Waals surface area contributed by atoms with Gasteiger partial charge in [-0.1, -0.05) is 0 Å². The van der Waals surface area contributed by atoms with Gasteiger partial charge in [-0.2, -0.15) is 8.78 Å². The summed E-state index contributed by atoms with van der Waals surface area (Å²) in [5.41, 5.74) is 6.70. The van der Waals surface area contributed by atoms with Crippen LogP contribution >= 0.6 is 0 Å². The van der Waals surface area contributed by atoms with Gasteiger partial charge in [0.25, 0.3) is 0 Å². The molecule has 0 aromatic heterocycles. The molecule has 2 bridgehead atoms. The minimum absolute atomic E-state index is 0.0646. The Morgan fingerprint density at radius 3 is 2.48 bits per heavy atom. The molecule has 114 valence electrons. The number of nitrogens with one attached hydrogen (secondary N) is 1. The molecule has 4 unspecified atom stereocenters. The van der Waals surface area contributed by atoms with Gasteiger partial charge in [-0.3, -0.25) is 4.79 Å². The summed E-state index contributed by atoms with van der Waals surface area (Å²) >= 11 is 0. The number of ether oxygens (including phenoxy) is 1. The first-order chi connectivity index (χ1) is 10.0. The standard InChI is InChI=1S/C15H18F2N2O2/c16-15(17)21-11-5-3-10(4-6-11)19-14(20)12-8-1-2-9(7-8)13(12)18/h3-6,8-9,12-13,15H,1-2,7,18H2,(H,19,20). The van der Waals surface area contributed by atoms with Crippen molar-refractivity contribution < 1.29 is 18.3 Å². The Labute approximate surface area is 121 Å². The number of benzene rings is 1. The van der Waals surface area contributed by atoms with Crippen LogP contribution in [-0.2, 0) is 4.79 Å². The third-order valence-electron chi connectivity index (χ3n) is 4.63. The summed E-state index contributed by atoms with van der Waals surface area (Å²) in [6.45, 7) is -2.85. The fourth-order valence-corrected chi connectivity index (χ4v) is 3.67. The average molecular weight is 296 g/mol. The second kappa shape index (κ2) is 5.60. The van der Waals surface area contributed by atoms with Crippen LogP contribution in [-0.4, -0.2) is 18.6 Å². The molecule has 4 nitrogen and oxygen atoms in total. The van der Waals surface area contributed by atoms with Crippen molar-refractivity contribution in [2.45, 2.75) is 31.9 Å². The van der Waals surface area contributed by atoms with Gasteiger partial charge >= 0.3 is 6.61 Å². The Kier molecular flexibility index (Phi) is 3.80. The van der Waals surface area contributed by atoms with E-state index in [9.17, 15) is 13.6 Å².